The summed E-state index contributed by atoms with van der Waals surface area (Å²) in [6.45, 7) is -0.384. The molecule has 3 rings (SSSR count). The van der Waals surface area contributed by atoms with E-state index in [-0.39, 0.29) is 22.8 Å². The first-order valence-electron chi connectivity index (χ1n) is 8.06. The second-order valence-corrected chi connectivity index (χ2v) is 6.44. The lowest BCUT2D eigenvalue weighted by atomic mass is 10.2. The molecule has 0 radical (unpaired) electrons. The van der Waals surface area contributed by atoms with Crippen LogP contribution in [0.25, 0.3) is 5.69 Å². The van der Waals surface area contributed by atoms with Crippen molar-refractivity contribution < 1.29 is 26.7 Å². The van der Waals surface area contributed by atoms with Gasteiger partial charge in [0.15, 0.2) is 11.4 Å². The van der Waals surface area contributed by atoms with Crippen molar-refractivity contribution in [3.05, 3.63) is 76.1 Å². The van der Waals surface area contributed by atoms with Crippen molar-refractivity contribution in [2.75, 3.05) is 7.05 Å². The van der Waals surface area contributed by atoms with Gasteiger partial charge in [-0.25, -0.2) is 13.5 Å². The summed E-state index contributed by atoms with van der Waals surface area (Å²) in [5.41, 5.74) is -2.59. The molecular formula is C18H12ClF5N4O. The Kier molecular flexibility index (Phi) is 5.56. The lowest BCUT2D eigenvalue weighted by Gasteiger charge is -2.18. The Hall–Kier alpha value is -3.01. The Labute approximate surface area is 166 Å². The van der Waals surface area contributed by atoms with E-state index in [1.807, 2.05) is 0 Å². The molecule has 2 aromatic carbocycles. The largest absolute Gasteiger partial charge is 0.435 e. The van der Waals surface area contributed by atoms with E-state index in [0.717, 1.165) is 35.2 Å². The minimum absolute atomic E-state index is 0.0238. The van der Waals surface area contributed by atoms with Crippen molar-refractivity contribution >= 4 is 17.5 Å². The first-order valence-corrected chi connectivity index (χ1v) is 8.44. The minimum atomic E-state index is -4.99. The molecule has 0 saturated carbocycles. The quantitative estimate of drug-likeness (QED) is 0.573. The molecule has 152 valence electrons. The molecular weight excluding hydrogens is 419 g/mol. The molecule has 0 bridgehead atoms. The third kappa shape index (κ3) is 4.21. The standard InChI is InChI=1S/C18H12ClF5N4O/c1-27(9-12-13(19)3-2-4-14(12)21)17(29)15-16(18(22,23)24)28(26-25-15)11-7-5-10(20)6-8-11/h2-8H,9H2,1H3. The summed E-state index contributed by atoms with van der Waals surface area (Å²) in [6, 6.07) is 7.90. The van der Waals surface area contributed by atoms with Crippen molar-refractivity contribution in [1.29, 1.82) is 0 Å². The second kappa shape index (κ2) is 7.78. The van der Waals surface area contributed by atoms with Gasteiger partial charge in [0.1, 0.15) is 11.6 Å². The fourth-order valence-electron chi connectivity index (χ4n) is 2.62. The Morgan fingerprint density at radius 2 is 1.79 bits per heavy atom. The van der Waals surface area contributed by atoms with Crippen LogP contribution < -0.4 is 0 Å². The molecule has 0 aliphatic rings. The summed E-state index contributed by atoms with van der Waals surface area (Å²) in [7, 11) is 1.18. The van der Waals surface area contributed by atoms with E-state index in [1.165, 1.54) is 19.2 Å². The van der Waals surface area contributed by atoms with E-state index in [4.69, 9.17) is 11.6 Å². The van der Waals surface area contributed by atoms with E-state index < -0.39 is 35.1 Å². The molecule has 0 aliphatic heterocycles. The van der Waals surface area contributed by atoms with Crippen LogP contribution in [0.3, 0.4) is 0 Å². The average molecular weight is 431 g/mol. The predicted octanol–water partition coefficient (Wildman–Crippen LogP) is 4.49. The molecule has 29 heavy (non-hydrogen) atoms. The fourth-order valence-corrected chi connectivity index (χ4v) is 2.84. The zero-order chi connectivity index (χ0) is 21.3. The van der Waals surface area contributed by atoms with Gasteiger partial charge in [-0.05, 0) is 36.4 Å². The highest BCUT2D eigenvalue weighted by Gasteiger charge is 2.42. The molecule has 11 heteroatoms. The third-order valence-electron chi connectivity index (χ3n) is 4.02. The van der Waals surface area contributed by atoms with Crippen LogP contribution in [-0.4, -0.2) is 32.8 Å². The summed E-state index contributed by atoms with van der Waals surface area (Å²) in [5.74, 6) is -2.49. The van der Waals surface area contributed by atoms with Crippen LogP contribution in [0, 0.1) is 11.6 Å². The van der Waals surface area contributed by atoms with Gasteiger partial charge in [0.05, 0.1) is 12.2 Å². The average Bonchev–Trinajstić information content (AvgIpc) is 3.10. The highest BCUT2D eigenvalue weighted by molar-refractivity contribution is 6.31. The van der Waals surface area contributed by atoms with Crippen molar-refractivity contribution in [2.24, 2.45) is 0 Å². The molecule has 1 heterocycles. The van der Waals surface area contributed by atoms with Gasteiger partial charge in [0.25, 0.3) is 5.91 Å². The van der Waals surface area contributed by atoms with Crippen LogP contribution in [0.15, 0.2) is 42.5 Å². The van der Waals surface area contributed by atoms with Crippen LogP contribution in [0.1, 0.15) is 21.7 Å². The number of hydrogen-bond acceptors (Lipinski definition) is 3. The number of carbonyl (C=O) groups is 1. The molecule has 0 N–H and O–H groups in total. The number of alkyl halides is 3. The van der Waals surface area contributed by atoms with E-state index >= 15 is 0 Å². The van der Waals surface area contributed by atoms with E-state index in [9.17, 15) is 26.7 Å². The van der Waals surface area contributed by atoms with E-state index in [1.54, 1.807) is 0 Å². The molecule has 0 aliphatic carbocycles. The zero-order valence-corrected chi connectivity index (χ0v) is 15.5. The lowest BCUT2D eigenvalue weighted by Crippen LogP contribution is -2.29. The van der Waals surface area contributed by atoms with Gasteiger partial charge in [0.2, 0.25) is 0 Å². The molecule has 3 aromatic rings. The molecule has 0 saturated heterocycles. The van der Waals surface area contributed by atoms with Crippen molar-refractivity contribution in [3.63, 3.8) is 0 Å². The third-order valence-corrected chi connectivity index (χ3v) is 4.37. The lowest BCUT2D eigenvalue weighted by molar-refractivity contribution is -0.143. The number of hydrogen-bond donors (Lipinski definition) is 0. The van der Waals surface area contributed by atoms with Crippen molar-refractivity contribution in [3.8, 4) is 5.69 Å². The van der Waals surface area contributed by atoms with Crippen LogP contribution in [0.5, 0.6) is 0 Å². The summed E-state index contributed by atoms with van der Waals surface area (Å²) in [4.78, 5) is 13.5. The van der Waals surface area contributed by atoms with Crippen molar-refractivity contribution in [1.82, 2.24) is 19.9 Å². The van der Waals surface area contributed by atoms with Crippen LogP contribution >= 0.6 is 11.6 Å². The molecule has 5 nitrogen and oxygen atoms in total. The molecule has 0 atom stereocenters. The maximum absolute atomic E-state index is 13.9. The van der Waals surface area contributed by atoms with Crippen molar-refractivity contribution in [2.45, 2.75) is 12.7 Å². The maximum atomic E-state index is 13.9. The topological polar surface area (TPSA) is 51.0 Å². The minimum Gasteiger partial charge on any atom is -0.336 e. The Morgan fingerprint density at radius 1 is 1.14 bits per heavy atom. The van der Waals surface area contributed by atoms with Crippen LogP contribution in [0.4, 0.5) is 22.0 Å². The smallest absolute Gasteiger partial charge is 0.336 e. The number of benzene rings is 2. The number of aromatic nitrogens is 3. The van der Waals surface area contributed by atoms with E-state index in [2.05, 4.69) is 10.3 Å². The molecule has 0 unspecified atom stereocenters. The van der Waals surface area contributed by atoms with Gasteiger partial charge in [-0.1, -0.05) is 22.9 Å². The predicted molar refractivity (Wildman–Crippen MR) is 93.5 cm³/mol. The molecule has 1 aromatic heterocycles. The SMILES string of the molecule is CN(Cc1c(F)cccc1Cl)C(=O)c1nnn(-c2ccc(F)cc2)c1C(F)(F)F. The second-order valence-electron chi connectivity index (χ2n) is 6.03. The van der Waals surface area contributed by atoms with E-state index in [0.29, 0.717) is 4.68 Å². The maximum Gasteiger partial charge on any atom is 0.435 e. The summed E-state index contributed by atoms with van der Waals surface area (Å²) < 4.78 is 68.4. The van der Waals surface area contributed by atoms with Gasteiger partial charge in [0, 0.05) is 17.6 Å². The number of rotatable bonds is 4. The van der Waals surface area contributed by atoms with Gasteiger partial charge in [-0.2, -0.15) is 13.2 Å². The summed E-state index contributed by atoms with van der Waals surface area (Å²) in [6.07, 6.45) is -4.99. The van der Waals surface area contributed by atoms with Crippen LogP contribution in [0.2, 0.25) is 5.02 Å². The molecule has 0 spiro atoms. The summed E-state index contributed by atoms with van der Waals surface area (Å²) >= 11 is 5.90. The Bertz CT molecular complexity index is 1030. The zero-order valence-electron chi connectivity index (χ0n) is 14.7. The molecule has 0 fully saturated rings. The number of carbonyl (C=O) groups excluding carboxylic acids is 1. The van der Waals surface area contributed by atoms with Gasteiger partial charge in [-0.15, -0.1) is 5.10 Å². The van der Waals surface area contributed by atoms with Gasteiger partial charge < -0.3 is 4.90 Å². The Balaban J connectivity index is 1.99. The highest BCUT2D eigenvalue weighted by Crippen LogP contribution is 2.33. The molecule has 1 amide bonds. The fraction of sp³-hybridized carbons (Fsp3) is 0.167. The summed E-state index contributed by atoms with van der Waals surface area (Å²) in [5, 5.41) is 6.80. The first-order chi connectivity index (χ1) is 13.6. The normalized spacial score (nSPS) is 11.6. The van der Waals surface area contributed by atoms with Crippen LogP contribution in [-0.2, 0) is 12.7 Å². The highest BCUT2D eigenvalue weighted by atomic mass is 35.5. The number of amides is 1. The van der Waals surface area contributed by atoms with Gasteiger partial charge >= 0.3 is 6.18 Å². The number of halogens is 6. The monoisotopic (exact) mass is 430 g/mol. The number of nitrogens with zero attached hydrogens (tertiary/aromatic N) is 4. The Morgan fingerprint density at radius 3 is 2.38 bits per heavy atom. The van der Waals surface area contributed by atoms with Gasteiger partial charge in [-0.3, -0.25) is 4.79 Å². The first kappa shape index (κ1) is 20.7.